The van der Waals surface area contributed by atoms with Crippen LogP contribution in [-0.2, 0) is 20.7 Å². The molecule has 0 aliphatic rings. The van der Waals surface area contributed by atoms with E-state index in [4.69, 9.17) is 9.84 Å². The van der Waals surface area contributed by atoms with Gasteiger partial charge in [0.1, 0.15) is 29.0 Å². The fourth-order valence-electron chi connectivity index (χ4n) is 4.86. The number of amides is 2. The summed E-state index contributed by atoms with van der Waals surface area (Å²) in [5.41, 5.74) is 0.538. The number of carbonyl (C=O) groups is 3. The number of aromatic nitrogens is 2. The molecule has 0 aliphatic carbocycles. The Labute approximate surface area is 250 Å². The van der Waals surface area contributed by atoms with Crippen molar-refractivity contribution in [3.63, 3.8) is 0 Å². The van der Waals surface area contributed by atoms with Crippen molar-refractivity contribution in [1.82, 2.24) is 20.0 Å². The molecule has 43 heavy (non-hydrogen) atoms. The van der Waals surface area contributed by atoms with Crippen LogP contribution in [0.2, 0.25) is 0 Å². The van der Waals surface area contributed by atoms with Crippen molar-refractivity contribution < 1.29 is 33.0 Å². The molecule has 0 saturated carbocycles. The predicted octanol–water partition coefficient (Wildman–Crippen LogP) is 6.05. The summed E-state index contributed by atoms with van der Waals surface area (Å²) in [7, 11) is 0. The normalized spacial score (nSPS) is 13.2. The van der Waals surface area contributed by atoms with Crippen LogP contribution in [0.3, 0.4) is 0 Å². The second-order valence-electron chi connectivity index (χ2n) is 12.5. The van der Waals surface area contributed by atoms with Crippen LogP contribution < -0.4 is 5.32 Å². The Morgan fingerprint density at radius 3 is 2.26 bits per heavy atom. The highest BCUT2D eigenvalue weighted by Crippen LogP contribution is 2.40. The highest BCUT2D eigenvalue weighted by molar-refractivity contribution is 5.80. The zero-order valence-corrected chi connectivity index (χ0v) is 25.6. The molecule has 11 heteroatoms. The molecule has 0 bridgehead atoms. The average Bonchev–Trinajstić information content (AvgIpc) is 3.27. The van der Waals surface area contributed by atoms with Gasteiger partial charge < -0.3 is 20.1 Å². The third-order valence-electron chi connectivity index (χ3n) is 6.66. The molecule has 3 aromatic rings. The Bertz CT molecular complexity index is 1440. The maximum atomic E-state index is 14.8. The highest BCUT2D eigenvalue weighted by Gasteiger charge is 2.38. The van der Waals surface area contributed by atoms with Crippen molar-refractivity contribution in [1.29, 1.82) is 0 Å². The van der Waals surface area contributed by atoms with Crippen molar-refractivity contribution in [3.05, 3.63) is 83.2 Å². The molecule has 2 N–H and O–H groups in total. The molecule has 2 amide bonds. The van der Waals surface area contributed by atoms with Gasteiger partial charge in [-0.2, -0.15) is 5.10 Å². The van der Waals surface area contributed by atoms with Gasteiger partial charge in [0, 0.05) is 37.7 Å². The van der Waals surface area contributed by atoms with Crippen LogP contribution in [0.4, 0.5) is 13.6 Å². The van der Waals surface area contributed by atoms with Gasteiger partial charge in [0.05, 0.1) is 11.7 Å². The van der Waals surface area contributed by atoms with Gasteiger partial charge in [-0.3, -0.25) is 4.79 Å². The summed E-state index contributed by atoms with van der Waals surface area (Å²) < 4.78 is 35.5. The number of hydrogen-bond donors (Lipinski definition) is 2. The number of rotatable bonds is 10. The molecule has 232 valence electrons. The van der Waals surface area contributed by atoms with Gasteiger partial charge >= 0.3 is 12.1 Å². The zero-order valence-electron chi connectivity index (χ0n) is 25.6. The van der Waals surface area contributed by atoms with Gasteiger partial charge in [0.15, 0.2) is 0 Å². The minimum Gasteiger partial charge on any atom is -0.480 e. The summed E-state index contributed by atoms with van der Waals surface area (Å²) in [6, 6.07) is 10.6. The minimum absolute atomic E-state index is 0.0456. The van der Waals surface area contributed by atoms with E-state index in [1.165, 1.54) is 16.5 Å². The van der Waals surface area contributed by atoms with E-state index in [-0.39, 0.29) is 24.6 Å². The molecule has 3 rings (SSSR count). The smallest absolute Gasteiger partial charge is 0.408 e. The van der Waals surface area contributed by atoms with Gasteiger partial charge in [-0.25, -0.2) is 23.1 Å². The Hall–Kier alpha value is -4.28. The molecule has 2 unspecified atom stereocenters. The Balaban J connectivity index is 2.06. The van der Waals surface area contributed by atoms with Crippen LogP contribution in [0, 0.1) is 17.0 Å². The van der Waals surface area contributed by atoms with Gasteiger partial charge in [-0.05, 0) is 50.3 Å². The number of nitrogens with one attached hydrogen (secondary N) is 1. The van der Waals surface area contributed by atoms with Crippen LogP contribution in [-0.4, -0.2) is 55.9 Å². The number of alkyl carbamates (subject to hydrolysis) is 1. The van der Waals surface area contributed by atoms with E-state index >= 15 is 0 Å². The van der Waals surface area contributed by atoms with E-state index in [0.717, 1.165) is 23.8 Å². The molecule has 0 aliphatic heterocycles. The Morgan fingerprint density at radius 2 is 1.70 bits per heavy atom. The highest BCUT2D eigenvalue weighted by atomic mass is 19.1. The molecule has 0 saturated heterocycles. The van der Waals surface area contributed by atoms with E-state index in [1.807, 2.05) is 51.1 Å². The fourth-order valence-corrected chi connectivity index (χ4v) is 4.86. The first-order valence-electron chi connectivity index (χ1n) is 14.0. The Morgan fingerprint density at radius 1 is 1.05 bits per heavy atom. The average molecular weight is 599 g/mol. The van der Waals surface area contributed by atoms with Crippen molar-refractivity contribution in [2.45, 2.75) is 79.0 Å². The second-order valence-corrected chi connectivity index (χ2v) is 12.5. The standard InChI is InChI=1S/C32H40F2N4O5/c1-20(39)37(16-15-25(29(40)41)35-30(42)43-32(5,6)7)28(31(2,3)4)27-22(17-21-11-9-8-10-12-21)19-38(36-27)26-18-23(33)13-14-24(26)34/h8-14,18-19,25,28H,15-17H2,1-7H3,(H,35,42)(H,40,41). The molecule has 1 aromatic heterocycles. The topological polar surface area (TPSA) is 114 Å². The van der Waals surface area contributed by atoms with Crippen LogP contribution >= 0.6 is 0 Å². The number of benzene rings is 2. The molecule has 0 spiro atoms. The number of carbonyl (C=O) groups excluding carboxylic acids is 2. The van der Waals surface area contributed by atoms with E-state index in [9.17, 15) is 28.3 Å². The summed E-state index contributed by atoms with van der Waals surface area (Å²) >= 11 is 0. The lowest BCUT2D eigenvalue weighted by Crippen LogP contribution is -2.47. The van der Waals surface area contributed by atoms with Gasteiger partial charge in [0.25, 0.3) is 0 Å². The summed E-state index contributed by atoms with van der Waals surface area (Å²) in [4.78, 5) is 39.0. The lowest BCUT2D eigenvalue weighted by molar-refractivity contribution is -0.141. The first kappa shape index (κ1) is 33.2. The number of aliphatic carboxylic acids is 1. The summed E-state index contributed by atoms with van der Waals surface area (Å²) in [6.07, 6.45) is 1.02. The van der Waals surface area contributed by atoms with Gasteiger partial charge in [0.2, 0.25) is 5.91 Å². The molecule has 0 radical (unpaired) electrons. The molecular weight excluding hydrogens is 558 g/mol. The molecule has 2 aromatic carbocycles. The summed E-state index contributed by atoms with van der Waals surface area (Å²) in [5, 5.41) is 16.9. The maximum Gasteiger partial charge on any atom is 0.408 e. The summed E-state index contributed by atoms with van der Waals surface area (Å²) in [6.45, 7) is 12.0. The number of halogens is 2. The molecule has 0 fully saturated rings. The van der Waals surface area contributed by atoms with Crippen molar-refractivity contribution in [2.24, 2.45) is 5.41 Å². The number of hydrogen-bond acceptors (Lipinski definition) is 5. The predicted molar refractivity (Wildman–Crippen MR) is 158 cm³/mol. The van der Waals surface area contributed by atoms with Crippen LogP contribution in [0.25, 0.3) is 5.69 Å². The summed E-state index contributed by atoms with van der Waals surface area (Å²) in [5.74, 6) is -2.93. The zero-order chi connectivity index (χ0) is 32.1. The first-order chi connectivity index (χ1) is 20.0. The van der Waals surface area contributed by atoms with E-state index in [1.54, 1.807) is 27.0 Å². The monoisotopic (exact) mass is 598 g/mol. The van der Waals surface area contributed by atoms with Crippen molar-refractivity contribution in [3.8, 4) is 5.69 Å². The second kappa shape index (κ2) is 13.4. The van der Waals surface area contributed by atoms with E-state index in [0.29, 0.717) is 17.7 Å². The van der Waals surface area contributed by atoms with Gasteiger partial charge in [-0.15, -0.1) is 0 Å². The maximum absolute atomic E-state index is 14.8. The van der Waals surface area contributed by atoms with Crippen LogP contribution in [0.15, 0.2) is 54.7 Å². The number of ether oxygens (including phenoxy) is 1. The largest absolute Gasteiger partial charge is 0.480 e. The fraction of sp³-hybridized carbons (Fsp3) is 0.438. The Kier molecular flexibility index (Phi) is 10.3. The quantitative estimate of drug-likeness (QED) is 0.294. The number of carboxylic acid groups (broad SMARTS) is 1. The van der Waals surface area contributed by atoms with Crippen LogP contribution in [0.1, 0.15) is 77.7 Å². The van der Waals surface area contributed by atoms with E-state index in [2.05, 4.69) is 5.32 Å². The lowest BCUT2D eigenvalue weighted by Gasteiger charge is -2.40. The van der Waals surface area contributed by atoms with Crippen LogP contribution in [0.5, 0.6) is 0 Å². The molecule has 1 heterocycles. The van der Waals surface area contributed by atoms with Crippen molar-refractivity contribution in [2.75, 3.05) is 6.54 Å². The van der Waals surface area contributed by atoms with Gasteiger partial charge in [-0.1, -0.05) is 51.1 Å². The third-order valence-corrected chi connectivity index (χ3v) is 6.66. The first-order valence-corrected chi connectivity index (χ1v) is 14.0. The lowest BCUT2D eigenvalue weighted by atomic mass is 9.81. The molecular formula is C32H40F2N4O5. The SMILES string of the molecule is CC(=O)N(CCC(NC(=O)OC(C)(C)C)C(=O)O)C(c1nn(-c2cc(F)ccc2F)cc1Cc1ccccc1)C(C)(C)C. The third kappa shape index (κ3) is 9.10. The van der Waals surface area contributed by atoms with Crippen molar-refractivity contribution >= 4 is 18.0 Å². The number of nitrogens with zero attached hydrogens (tertiary/aromatic N) is 3. The number of carboxylic acids is 1. The molecule has 2 atom stereocenters. The minimum atomic E-state index is -1.33. The molecule has 9 nitrogen and oxygen atoms in total. The van der Waals surface area contributed by atoms with E-state index < -0.39 is 46.8 Å².